The molecule has 1 spiro atoms. The van der Waals surface area contributed by atoms with E-state index in [1.165, 1.54) is 11.1 Å². The Labute approximate surface area is 220 Å². The minimum absolute atomic E-state index is 0.0398. The molecule has 10 heteroatoms. The molecule has 5 rings (SSSR count). The minimum Gasteiger partial charge on any atom is -0.616 e. The summed E-state index contributed by atoms with van der Waals surface area (Å²) in [4.78, 5) is 39.6. The third kappa shape index (κ3) is 5.27. The Morgan fingerprint density at radius 1 is 1.14 bits per heavy atom. The van der Waals surface area contributed by atoms with Gasteiger partial charge in [-0.25, -0.2) is 0 Å². The van der Waals surface area contributed by atoms with Crippen LogP contribution >= 0.6 is 0 Å². The number of rotatable bonds is 5. The van der Waals surface area contributed by atoms with Crippen molar-refractivity contribution in [3.63, 3.8) is 0 Å². The number of fused-ring (bicyclic) bond motifs is 2. The first kappa shape index (κ1) is 25.8. The summed E-state index contributed by atoms with van der Waals surface area (Å²) in [5.74, 6) is 0.444. The molecular weight excluding hydrogens is 490 g/mol. The van der Waals surface area contributed by atoms with Crippen LogP contribution in [0.4, 0.5) is 11.4 Å². The lowest BCUT2D eigenvalue weighted by atomic mass is 9.76. The highest BCUT2D eigenvalue weighted by molar-refractivity contribution is 7.91. The van der Waals surface area contributed by atoms with Crippen LogP contribution in [-0.4, -0.2) is 49.6 Å². The van der Waals surface area contributed by atoms with Crippen molar-refractivity contribution in [1.29, 1.82) is 0 Å². The summed E-state index contributed by atoms with van der Waals surface area (Å²) in [5, 5.41) is 13.1. The number of aryl methyl sites for hydroxylation is 1. The number of amides is 3. The Bertz CT molecular complexity index is 1170. The highest BCUT2D eigenvalue weighted by Crippen LogP contribution is 2.46. The number of nitrogens with zero attached hydrogens (tertiary/aromatic N) is 2. The van der Waals surface area contributed by atoms with E-state index in [2.05, 4.69) is 21.0 Å². The highest BCUT2D eigenvalue weighted by atomic mass is 32.2. The normalized spacial score (nSPS) is 25.0. The van der Waals surface area contributed by atoms with Gasteiger partial charge in [-0.15, -0.1) is 0 Å². The molecule has 3 amide bonds. The standard InChI is InChI=1S/C27H35N5O4S/c1-32-22(11-14-28-32)24(33)31-23(18-7-5-3-2-4-6-8-18)25(34)29-19-9-10-20-21(17-19)30-26(35)27(20)12-15-37(36)16-13-27/h9-11,14,17-18,23H,2-8,12-13,15-16H2,1H3,(H,29,34)(H,30,35)(H,31,33). The van der Waals surface area contributed by atoms with E-state index in [4.69, 9.17) is 0 Å². The summed E-state index contributed by atoms with van der Waals surface area (Å²) in [6.07, 6.45) is 10.0. The van der Waals surface area contributed by atoms with E-state index in [0.29, 0.717) is 41.4 Å². The fourth-order valence-corrected chi connectivity index (χ4v) is 7.41. The fraction of sp³-hybridized carbons (Fsp3) is 0.556. The van der Waals surface area contributed by atoms with Gasteiger partial charge in [0.25, 0.3) is 5.91 Å². The van der Waals surface area contributed by atoms with Crippen LogP contribution in [0.1, 0.15) is 73.8 Å². The molecule has 3 heterocycles. The van der Waals surface area contributed by atoms with Gasteiger partial charge in [0.05, 0.1) is 5.41 Å². The molecule has 9 nitrogen and oxygen atoms in total. The topological polar surface area (TPSA) is 128 Å². The fourth-order valence-electron chi connectivity index (χ4n) is 6.06. The maximum Gasteiger partial charge on any atom is 0.270 e. The highest BCUT2D eigenvalue weighted by Gasteiger charge is 2.50. The van der Waals surface area contributed by atoms with Crippen molar-refractivity contribution >= 4 is 40.3 Å². The molecule has 1 aromatic carbocycles. The van der Waals surface area contributed by atoms with Gasteiger partial charge in [0.1, 0.15) is 23.2 Å². The molecular formula is C27H35N5O4S. The minimum atomic E-state index is -0.871. The van der Waals surface area contributed by atoms with Crippen LogP contribution in [0.3, 0.4) is 0 Å². The van der Waals surface area contributed by atoms with Crippen LogP contribution in [0, 0.1) is 5.92 Å². The van der Waals surface area contributed by atoms with Crippen LogP contribution < -0.4 is 16.0 Å². The second-order valence-corrected chi connectivity index (χ2v) is 12.2. The van der Waals surface area contributed by atoms with Gasteiger partial charge in [0.15, 0.2) is 0 Å². The number of carbonyl (C=O) groups excluding carboxylic acids is 3. The molecule has 3 N–H and O–H groups in total. The molecule has 1 aromatic heterocycles. The van der Waals surface area contributed by atoms with E-state index in [-0.39, 0.29) is 23.6 Å². The van der Waals surface area contributed by atoms with Gasteiger partial charge >= 0.3 is 0 Å². The lowest BCUT2D eigenvalue weighted by Crippen LogP contribution is -2.49. The molecule has 0 bridgehead atoms. The van der Waals surface area contributed by atoms with Crippen LogP contribution in [0.5, 0.6) is 0 Å². The largest absolute Gasteiger partial charge is 0.616 e. The maximum atomic E-state index is 13.6. The molecule has 2 fully saturated rings. The summed E-state index contributed by atoms with van der Waals surface area (Å²) in [6, 6.07) is 6.48. The van der Waals surface area contributed by atoms with Crippen LogP contribution in [0.15, 0.2) is 30.5 Å². The van der Waals surface area contributed by atoms with Crippen molar-refractivity contribution in [3.8, 4) is 0 Å². The van der Waals surface area contributed by atoms with Gasteiger partial charge in [-0.05, 0) is 42.5 Å². The lowest BCUT2D eigenvalue weighted by molar-refractivity contribution is -0.121. The summed E-state index contributed by atoms with van der Waals surface area (Å²) in [7, 11) is 1.70. The third-order valence-electron chi connectivity index (χ3n) is 8.24. The zero-order chi connectivity index (χ0) is 26.0. The molecule has 1 saturated heterocycles. The lowest BCUT2D eigenvalue weighted by Gasteiger charge is -2.32. The average Bonchev–Trinajstić information content (AvgIpc) is 3.40. The van der Waals surface area contributed by atoms with Gasteiger partial charge in [0.2, 0.25) is 11.8 Å². The third-order valence-corrected chi connectivity index (χ3v) is 9.56. The predicted octanol–water partition coefficient (Wildman–Crippen LogP) is 3.25. The molecule has 0 radical (unpaired) electrons. The van der Waals surface area contributed by atoms with Gasteiger partial charge in [-0.3, -0.25) is 19.1 Å². The first-order valence-electron chi connectivity index (χ1n) is 13.3. The van der Waals surface area contributed by atoms with E-state index < -0.39 is 22.6 Å². The number of nitrogens with one attached hydrogen (secondary N) is 3. The Morgan fingerprint density at radius 2 is 1.84 bits per heavy atom. The van der Waals surface area contributed by atoms with E-state index in [0.717, 1.165) is 44.1 Å². The van der Waals surface area contributed by atoms with Crippen LogP contribution in [-0.2, 0) is 33.2 Å². The summed E-state index contributed by atoms with van der Waals surface area (Å²) in [6.45, 7) is 0. The maximum absolute atomic E-state index is 13.6. The van der Waals surface area contributed by atoms with Gasteiger partial charge in [-0.2, -0.15) is 5.10 Å². The Morgan fingerprint density at radius 3 is 2.51 bits per heavy atom. The van der Waals surface area contributed by atoms with Crippen molar-refractivity contribution in [3.05, 3.63) is 41.7 Å². The van der Waals surface area contributed by atoms with Crippen LogP contribution in [0.25, 0.3) is 0 Å². The zero-order valence-electron chi connectivity index (χ0n) is 21.3. The second-order valence-electron chi connectivity index (χ2n) is 10.5. The monoisotopic (exact) mass is 525 g/mol. The summed E-state index contributed by atoms with van der Waals surface area (Å²) >= 11 is -0.871. The second kappa shape index (κ2) is 10.9. The van der Waals surface area contributed by atoms with Gasteiger partial charge in [0, 0.05) is 37.5 Å². The van der Waals surface area contributed by atoms with Gasteiger partial charge < -0.3 is 20.5 Å². The van der Waals surface area contributed by atoms with Crippen molar-refractivity contribution in [1.82, 2.24) is 15.1 Å². The average molecular weight is 526 g/mol. The molecule has 2 aromatic rings. The predicted molar refractivity (Wildman–Crippen MR) is 143 cm³/mol. The molecule has 3 aliphatic rings. The number of carbonyl (C=O) groups is 3. The van der Waals surface area contributed by atoms with Crippen molar-refractivity contribution < 1.29 is 18.9 Å². The first-order valence-corrected chi connectivity index (χ1v) is 14.8. The van der Waals surface area contributed by atoms with Crippen molar-refractivity contribution in [2.75, 3.05) is 22.1 Å². The van der Waals surface area contributed by atoms with E-state index >= 15 is 0 Å². The SMILES string of the molecule is Cn1nccc1C(=O)NC(C(=O)Nc1ccc2c(c1)NC(=O)C21CC[S+]([O-])CC1)C1CCCCCCC1. The van der Waals surface area contributed by atoms with Crippen molar-refractivity contribution in [2.24, 2.45) is 13.0 Å². The molecule has 2 aliphatic heterocycles. The summed E-state index contributed by atoms with van der Waals surface area (Å²) < 4.78 is 13.4. The summed E-state index contributed by atoms with van der Waals surface area (Å²) in [5.41, 5.74) is 1.95. The Balaban J connectivity index is 1.35. The van der Waals surface area contributed by atoms with E-state index in [1.807, 2.05) is 12.1 Å². The quantitative estimate of drug-likeness (QED) is 0.516. The number of anilines is 2. The molecule has 1 atom stereocenters. The number of hydrogen-bond acceptors (Lipinski definition) is 5. The number of aromatic nitrogens is 2. The Kier molecular flexibility index (Phi) is 7.57. The first-order chi connectivity index (χ1) is 17.9. The smallest absolute Gasteiger partial charge is 0.270 e. The van der Waals surface area contributed by atoms with E-state index in [9.17, 15) is 18.9 Å². The van der Waals surface area contributed by atoms with Crippen LogP contribution in [0.2, 0.25) is 0 Å². The molecule has 1 saturated carbocycles. The van der Waals surface area contributed by atoms with Gasteiger partial charge in [-0.1, -0.05) is 49.3 Å². The van der Waals surface area contributed by atoms with E-state index in [1.54, 1.807) is 25.4 Å². The number of hydrogen-bond donors (Lipinski definition) is 3. The van der Waals surface area contributed by atoms with Crippen molar-refractivity contribution in [2.45, 2.75) is 69.2 Å². The number of benzene rings is 1. The Hall–Kier alpha value is -2.85. The molecule has 198 valence electrons. The molecule has 1 unspecified atom stereocenters. The molecule has 1 aliphatic carbocycles. The zero-order valence-corrected chi connectivity index (χ0v) is 22.1. The molecule has 37 heavy (non-hydrogen) atoms.